The molecule has 8 heavy (non-hydrogen) atoms. The average molecular weight is 108 g/mol. The van der Waals surface area contributed by atoms with Crippen LogP contribution in [0.1, 0.15) is 13.3 Å². The first-order valence-corrected chi connectivity index (χ1v) is 2.70. The minimum Gasteiger partial charge on any atom is -0.103 e. The van der Waals surface area contributed by atoms with Crippen molar-refractivity contribution in [3.05, 3.63) is 37.0 Å². The van der Waals surface area contributed by atoms with Crippen LogP contribution in [0.3, 0.4) is 0 Å². The Bertz CT molecular complexity index is 107. The van der Waals surface area contributed by atoms with Gasteiger partial charge in [-0.25, -0.2) is 0 Å². The summed E-state index contributed by atoms with van der Waals surface area (Å²) in [7, 11) is 0. The molecule has 0 spiro atoms. The topological polar surface area (TPSA) is 0 Å². The lowest BCUT2D eigenvalue weighted by Crippen LogP contribution is -1.67. The normalized spacial score (nSPS) is 10.9. The Balaban J connectivity index is 3.60. The highest BCUT2D eigenvalue weighted by Gasteiger charge is 1.77. The predicted molar refractivity (Wildman–Crippen MR) is 38.8 cm³/mol. The molecule has 0 aliphatic rings. The lowest BCUT2D eigenvalue weighted by molar-refractivity contribution is 1.22. The molecule has 0 aromatic rings. The molecule has 0 atom stereocenters. The molecule has 0 rings (SSSR count). The lowest BCUT2D eigenvalue weighted by atomic mass is 10.2. The lowest BCUT2D eigenvalue weighted by Gasteiger charge is -1.88. The molecule has 44 valence electrons. The van der Waals surface area contributed by atoms with Crippen LogP contribution in [0.5, 0.6) is 0 Å². The van der Waals surface area contributed by atoms with E-state index in [1.54, 1.807) is 6.08 Å². The summed E-state index contributed by atoms with van der Waals surface area (Å²) in [4.78, 5) is 0. The van der Waals surface area contributed by atoms with Crippen LogP contribution in [0.2, 0.25) is 0 Å². The average Bonchev–Trinajstić information content (AvgIpc) is 1.68. The van der Waals surface area contributed by atoms with Crippen molar-refractivity contribution in [1.29, 1.82) is 0 Å². The standard InChI is InChI=1S/C8H12/c1-4-6-8(3)7-5-2/h4-6H,1-2,7H2,3H3/b8-6-. The third-order valence-electron chi connectivity index (χ3n) is 0.869. The van der Waals surface area contributed by atoms with E-state index in [1.165, 1.54) is 5.57 Å². The molecule has 0 bridgehead atoms. The van der Waals surface area contributed by atoms with Crippen molar-refractivity contribution in [3.8, 4) is 0 Å². The van der Waals surface area contributed by atoms with Gasteiger partial charge >= 0.3 is 0 Å². The number of rotatable bonds is 3. The molecule has 0 N–H and O–H groups in total. The van der Waals surface area contributed by atoms with Crippen molar-refractivity contribution in [2.75, 3.05) is 0 Å². The molecule has 0 heterocycles. The summed E-state index contributed by atoms with van der Waals surface area (Å²) in [6.45, 7) is 9.24. The monoisotopic (exact) mass is 108 g/mol. The van der Waals surface area contributed by atoms with Crippen molar-refractivity contribution >= 4 is 0 Å². The molecular formula is C8H12. The Morgan fingerprint density at radius 2 is 2.12 bits per heavy atom. The molecule has 0 aliphatic heterocycles. The highest BCUT2D eigenvalue weighted by atomic mass is 13.8. The van der Waals surface area contributed by atoms with Gasteiger partial charge in [-0.3, -0.25) is 0 Å². The van der Waals surface area contributed by atoms with Gasteiger partial charge in [0.15, 0.2) is 0 Å². The van der Waals surface area contributed by atoms with Crippen molar-refractivity contribution in [3.63, 3.8) is 0 Å². The van der Waals surface area contributed by atoms with Crippen LogP contribution in [0.4, 0.5) is 0 Å². The van der Waals surface area contributed by atoms with Gasteiger partial charge in [0.1, 0.15) is 0 Å². The quantitative estimate of drug-likeness (QED) is 0.385. The van der Waals surface area contributed by atoms with Crippen molar-refractivity contribution in [2.45, 2.75) is 13.3 Å². The fourth-order valence-electron chi connectivity index (χ4n) is 0.497. The minimum absolute atomic E-state index is 0.964. The zero-order valence-electron chi connectivity index (χ0n) is 5.35. The van der Waals surface area contributed by atoms with E-state index in [2.05, 4.69) is 20.1 Å². The Morgan fingerprint density at radius 1 is 1.50 bits per heavy atom. The van der Waals surface area contributed by atoms with Gasteiger partial charge in [-0.15, -0.1) is 6.58 Å². The Labute approximate surface area is 51.2 Å². The molecule has 0 fully saturated rings. The second kappa shape index (κ2) is 4.38. The molecule has 0 aromatic carbocycles. The molecule has 0 aliphatic carbocycles. The summed E-state index contributed by atoms with van der Waals surface area (Å²) in [5, 5.41) is 0. The first kappa shape index (κ1) is 7.22. The van der Waals surface area contributed by atoms with Crippen molar-refractivity contribution in [2.24, 2.45) is 0 Å². The fraction of sp³-hybridized carbons (Fsp3) is 0.250. The molecule has 0 radical (unpaired) electrons. The zero-order valence-corrected chi connectivity index (χ0v) is 5.35. The van der Waals surface area contributed by atoms with Gasteiger partial charge in [0.25, 0.3) is 0 Å². The highest BCUT2D eigenvalue weighted by Crippen LogP contribution is 1.98. The van der Waals surface area contributed by atoms with Crippen LogP contribution in [-0.2, 0) is 0 Å². The Kier molecular flexibility index (Phi) is 3.95. The molecular weight excluding hydrogens is 96.1 g/mol. The third-order valence-corrected chi connectivity index (χ3v) is 0.869. The van der Waals surface area contributed by atoms with Gasteiger partial charge in [-0.05, 0) is 13.3 Å². The Hall–Kier alpha value is -0.780. The first-order valence-electron chi connectivity index (χ1n) is 2.70. The number of hydrogen-bond acceptors (Lipinski definition) is 0. The largest absolute Gasteiger partial charge is 0.103 e. The van der Waals surface area contributed by atoms with E-state index < -0.39 is 0 Å². The number of allylic oxidation sites excluding steroid dienone is 4. The summed E-state index contributed by atoms with van der Waals surface area (Å²) in [5.74, 6) is 0. The third kappa shape index (κ3) is 3.41. The summed E-state index contributed by atoms with van der Waals surface area (Å²) in [5.41, 5.74) is 1.30. The fourth-order valence-corrected chi connectivity index (χ4v) is 0.497. The van der Waals surface area contributed by atoms with E-state index in [1.807, 2.05) is 12.2 Å². The molecule has 0 saturated heterocycles. The maximum absolute atomic E-state index is 3.61. The van der Waals surface area contributed by atoms with Gasteiger partial charge in [0.2, 0.25) is 0 Å². The molecule has 0 aromatic heterocycles. The van der Waals surface area contributed by atoms with E-state index in [0.29, 0.717) is 0 Å². The van der Waals surface area contributed by atoms with E-state index in [0.717, 1.165) is 6.42 Å². The van der Waals surface area contributed by atoms with Crippen LogP contribution in [0.25, 0.3) is 0 Å². The van der Waals surface area contributed by atoms with E-state index in [9.17, 15) is 0 Å². The minimum atomic E-state index is 0.964. The van der Waals surface area contributed by atoms with Crippen LogP contribution < -0.4 is 0 Å². The smallest absolute Gasteiger partial charge is 0.0141 e. The van der Waals surface area contributed by atoms with Gasteiger partial charge in [0, 0.05) is 0 Å². The SMILES string of the molecule is C=C/C=C(/C)CC=C. The summed E-state index contributed by atoms with van der Waals surface area (Å²) < 4.78 is 0. The molecule has 0 heteroatoms. The van der Waals surface area contributed by atoms with Crippen molar-refractivity contribution < 1.29 is 0 Å². The van der Waals surface area contributed by atoms with Crippen molar-refractivity contribution in [1.82, 2.24) is 0 Å². The zero-order chi connectivity index (χ0) is 6.41. The second-order valence-corrected chi connectivity index (χ2v) is 1.74. The van der Waals surface area contributed by atoms with Crippen LogP contribution in [0.15, 0.2) is 37.0 Å². The summed E-state index contributed by atoms with van der Waals surface area (Å²) >= 11 is 0. The first-order chi connectivity index (χ1) is 3.81. The second-order valence-electron chi connectivity index (χ2n) is 1.74. The van der Waals surface area contributed by atoms with Gasteiger partial charge in [-0.1, -0.05) is 30.4 Å². The molecule has 0 amide bonds. The summed E-state index contributed by atoms with van der Waals surface area (Å²) in [6, 6.07) is 0. The van der Waals surface area contributed by atoms with Gasteiger partial charge in [0.05, 0.1) is 0 Å². The van der Waals surface area contributed by atoms with Crippen LogP contribution >= 0.6 is 0 Å². The molecule has 0 nitrogen and oxygen atoms in total. The summed E-state index contributed by atoms with van der Waals surface area (Å²) in [6.07, 6.45) is 6.63. The number of hydrogen-bond donors (Lipinski definition) is 0. The molecule has 0 saturated carbocycles. The van der Waals surface area contributed by atoms with Crippen LogP contribution in [-0.4, -0.2) is 0 Å². The van der Waals surface area contributed by atoms with Gasteiger partial charge in [-0.2, -0.15) is 0 Å². The van der Waals surface area contributed by atoms with E-state index in [4.69, 9.17) is 0 Å². The maximum Gasteiger partial charge on any atom is -0.0141 e. The van der Waals surface area contributed by atoms with Crippen LogP contribution in [0, 0.1) is 0 Å². The predicted octanol–water partition coefficient (Wildman–Crippen LogP) is 2.69. The maximum atomic E-state index is 3.61. The Morgan fingerprint density at radius 3 is 2.50 bits per heavy atom. The van der Waals surface area contributed by atoms with E-state index >= 15 is 0 Å². The molecule has 0 unspecified atom stereocenters. The highest BCUT2D eigenvalue weighted by molar-refractivity contribution is 5.10. The van der Waals surface area contributed by atoms with E-state index in [-0.39, 0.29) is 0 Å². The van der Waals surface area contributed by atoms with Gasteiger partial charge < -0.3 is 0 Å².